The molecule has 0 aliphatic rings. The summed E-state index contributed by atoms with van der Waals surface area (Å²) in [5, 5.41) is 2.63. The highest BCUT2D eigenvalue weighted by atomic mass is 79.9. The largest absolute Gasteiger partial charge is 0.492 e. The van der Waals surface area contributed by atoms with E-state index in [-0.39, 0.29) is 11.9 Å². The number of nitrogen functional groups attached to an aromatic ring is 1. The van der Waals surface area contributed by atoms with Gasteiger partial charge in [-0.05, 0) is 47.5 Å². The number of halogens is 1. The Morgan fingerprint density at radius 1 is 1.27 bits per heavy atom. The van der Waals surface area contributed by atoms with Gasteiger partial charge in [-0.3, -0.25) is 4.79 Å². The van der Waals surface area contributed by atoms with E-state index in [1.807, 2.05) is 18.2 Å². The Kier molecular flexibility index (Phi) is 7.38. The number of nitrogens with one attached hydrogen (secondary N) is 1. The van der Waals surface area contributed by atoms with E-state index in [4.69, 9.17) is 10.5 Å². The van der Waals surface area contributed by atoms with Gasteiger partial charge in [-0.2, -0.15) is 0 Å². The molecule has 0 fully saturated rings. The number of anilines is 1. The van der Waals surface area contributed by atoms with Gasteiger partial charge in [0.1, 0.15) is 5.75 Å². The third-order valence-electron chi connectivity index (χ3n) is 4.02. The molecule has 0 saturated carbocycles. The summed E-state index contributed by atoms with van der Waals surface area (Å²) >= 11 is 3.54. The third kappa shape index (κ3) is 4.94. The van der Waals surface area contributed by atoms with Crippen LogP contribution in [0.1, 0.15) is 48.7 Å². The summed E-state index contributed by atoms with van der Waals surface area (Å²) in [6, 6.07) is 5.63. The van der Waals surface area contributed by atoms with Crippen molar-refractivity contribution in [3.63, 3.8) is 0 Å². The molecule has 0 bridgehead atoms. The van der Waals surface area contributed by atoms with Gasteiger partial charge in [0.05, 0.1) is 28.0 Å². The Labute approximate surface area is 162 Å². The minimum atomic E-state index is -0.245. The number of unbranched alkanes of at least 4 members (excludes halogenated alkanes) is 3. The molecule has 3 N–H and O–H groups in total. The minimum absolute atomic E-state index is 0.137. The molecule has 1 aromatic carbocycles. The predicted octanol–water partition coefficient (Wildman–Crippen LogP) is 4.12. The number of rotatable bonds is 8. The summed E-state index contributed by atoms with van der Waals surface area (Å²) in [5.41, 5.74) is 8.02. The van der Waals surface area contributed by atoms with Crippen LogP contribution >= 0.6 is 15.9 Å². The second-order valence-electron chi connectivity index (χ2n) is 6.02. The van der Waals surface area contributed by atoms with Crippen LogP contribution in [0, 0.1) is 6.92 Å². The summed E-state index contributed by atoms with van der Waals surface area (Å²) in [5.74, 6) is 0.660. The molecule has 7 heteroatoms. The predicted molar refractivity (Wildman–Crippen MR) is 107 cm³/mol. The second-order valence-corrected chi connectivity index (χ2v) is 6.88. The van der Waals surface area contributed by atoms with Crippen LogP contribution < -0.4 is 15.8 Å². The van der Waals surface area contributed by atoms with Gasteiger partial charge in [-0.1, -0.05) is 26.2 Å². The summed E-state index contributed by atoms with van der Waals surface area (Å²) < 4.78 is 6.65. The van der Waals surface area contributed by atoms with Gasteiger partial charge in [0.15, 0.2) is 0 Å². The van der Waals surface area contributed by atoms with Crippen LogP contribution in [0.3, 0.4) is 0 Å². The highest BCUT2D eigenvalue weighted by Crippen LogP contribution is 2.32. The number of nitrogens with two attached hydrogens (primary N) is 1. The number of carbonyl (C=O) groups excluding carboxylic acids is 1. The van der Waals surface area contributed by atoms with Gasteiger partial charge in [0.2, 0.25) is 5.95 Å². The van der Waals surface area contributed by atoms with Crippen LogP contribution in [0.4, 0.5) is 5.95 Å². The van der Waals surface area contributed by atoms with Crippen molar-refractivity contribution < 1.29 is 9.53 Å². The molecular weight excluding hydrogens is 396 g/mol. The highest BCUT2D eigenvalue weighted by Gasteiger charge is 2.19. The molecule has 0 saturated heterocycles. The molecule has 2 rings (SSSR count). The van der Waals surface area contributed by atoms with E-state index in [1.165, 1.54) is 19.3 Å². The fourth-order valence-electron chi connectivity index (χ4n) is 2.68. The number of benzene rings is 1. The monoisotopic (exact) mass is 420 g/mol. The van der Waals surface area contributed by atoms with Crippen LogP contribution in [0.25, 0.3) is 11.3 Å². The molecule has 0 atom stereocenters. The molecule has 0 spiro atoms. The molecule has 0 radical (unpaired) electrons. The molecule has 0 aliphatic carbocycles. The first-order valence-corrected chi connectivity index (χ1v) is 9.56. The molecule has 1 heterocycles. The van der Waals surface area contributed by atoms with E-state index < -0.39 is 0 Å². The van der Waals surface area contributed by atoms with Crippen molar-refractivity contribution in [1.29, 1.82) is 0 Å². The lowest BCUT2D eigenvalue weighted by Gasteiger charge is -2.13. The Morgan fingerprint density at radius 2 is 2.04 bits per heavy atom. The number of hydrogen-bond acceptors (Lipinski definition) is 5. The van der Waals surface area contributed by atoms with E-state index in [2.05, 4.69) is 38.1 Å². The summed E-state index contributed by atoms with van der Waals surface area (Å²) in [4.78, 5) is 20.6. The van der Waals surface area contributed by atoms with Gasteiger partial charge >= 0.3 is 0 Å². The van der Waals surface area contributed by atoms with Crippen LogP contribution in [0.5, 0.6) is 5.75 Å². The van der Waals surface area contributed by atoms with E-state index in [0.717, 1.165) is 22.2 Å². The van der Waals surface area contributed by atoms with Crippen LogP contribution in [-0.4, -0.2) is 29.5 Å². The Hall–Kier alpha value is -2.15. The van der Waals surface area contributed by atoms with Gasteiger partial charge in [-0.15, -0.1) is 0 Å². The van der Waals surface area contributed by atoms with Crippen molar-refractivity contribution in [2.24, 2.45) is 0 Å². The normalized spacial score (nSPS) is 10.6. The maximum Gasteiger partial charge on any atom is 0.255 e. The molecule has 1 amide bonds. The van der Waals surface area contributed by atoms with Crippen molar-refractivity contribution in [3.05, 3.63) is 33.9 Å². The maximum absolute atomic E-state index is 12.3. The number of aromatic nitrogens is 2. The number of amides is 1. The van der Waals surface area contributed by atoms with Crippen LogP contribution in [-0.2, 0) is 0 Å². The lowest BCUT2D eigenvalue weighted by molar-refractivity contribution is 0.0962. The Morgan fingerprint density at radius 3 is 2.69 bits per heavy atom. The summed E-state index contributed by atoms with van der Waals surface area (Å²) in [6.07, 6.45) is 4.62. The average molecular weight is 421 g/mol. The molecule has 0 unspecified atom stereocenters. The minimum Gasteiger partial charge on any atom is -0.492 e. The molecule has 26 heavy (non-hydrogen) atoms. The highest BCUT2D eigenvalue weighted by molar-refractivity contribution is 9.10. The fraction of sp³-hybridized carbons (Fsp3) is 0.421. The second kappa shape index (κ2) is 9.52. The number of hydrogen-bond donors (Lipinski definition) is 2. The summed E-state index contributed by atoms with van der Waals surface area (Å²) in [6.45, 7) is 4.61. The SMILES string of the molecule is CCCCCCOc1ccc(-c2nc(N)nc(C)c2C(=O)NC)cc1Br. The zero-order valence-corrected chi connectivity index (χ0v) is 17.0. The zero-order valence-electron chi connectivity index (χ0n) is 15.4. The van der Waals surface area contributed by atoms with Gasteiger partial charge in [-0.25, -0.2) is 9.97 Å². The van der Waals surface area contributed by atoms with E-state index >= 15 is 0 Å². The lowest BCUT2D eigenvalue weighted by atomic mass is 10.0. The lowest BCUT2D eigenvalue weighted by Crippen LogP contribution is -2.21. The molecule has 1 aromatic heterocycles. The topological polar surface area (TPSA) is 90.1 Å². The van der Waals surface area contributed by atoms with Gasteiger partial charge in [0, 0.05) is 12.6 Å². The van der Waals surface area contributed by atoms with Crippen molar-refractivity contribution in [2.75, 3.05) is 19.4 Å². The average Bonchev–Trinajstić information content (AvgIpc) is 2.61. The molecule has 140 valence electrons. The first kappa shape index (κ1) is 20.2. The standard InChI is InChI=1S/C19H25BrN4O2/c1-4-5-6-7-10-26-15-9-8-13(11-14(15)20)17-16(18(25)22-3)12(2)23-19(21)24-17/h8-9,11H,4-7,10H2,1-3H3,(H,22,25)(H2,21,23,24). The van der Waals surface area contributed by atoms with Crippen molar-refractivity contribution >= 4 is 27.8 Å². The number of ether oxygens (including phenoxy) is 1. The molecule has 0 aliphatic heterocycles. The molecule has 6 nitrogen and oxygen atoms in total. The van der Waals surface area contributed by atoms with E-state index in [1.54, 1.807) is 14.0 Å². The van der Waals surface area contributed by atoms with Crippen molar-refractivity contribution in [3.8, 4) is 17.0 Å². The smallest absolute Gasteiger partial charge is 0.255 e. The first-order chi connectivity index (χ1) is 12.5. The Bertz CT molecular complexity index is 780. The Balaban J connectivity index is 2.27. The van der Waals surface area contributed by atoms with E-state index in [0.29, 0.717) is 23.6 Å². The maximum atomic E-state index is 12.3. The van der Waals surface area contributed by atoms with Crippen molar-refractivity contribution in [2.45, 2.75) is 39.5 Å². The summed E-state index contributed by atoms with van der Waals surface area (Å²) in [7, 11) is 1.58. The number of carbonyl (C=O) groups is 1. The van der Waals surface area contributed by atoms with Crippen LogP contribution in [0.15, 0.2) is 22.7 Å². The molecular formula is C19H25BrN4O2. The van der Waals surface area contributed by atoms with Gasteiger partial charge < -0.3 is 15.8 Å². The molecule has 2 aromatic rings. The third-order valence-corrected chi connectivity index (χ3v) is 4.64. The van der Waals surface area contributed by atoms with Crippen molar-refractivity contribution in [1.82, 2.24) is 15.3 Å². The number of nitrogens with zero attached hydrogens (tertiary/aromatic N) is 2. The quantitative estimate of drug-likeness (QED) is 0.626. The van der Waals surface area contributed by atoms with E-state index in [9.17, 15) is 4.79 Å². The van der Waals surface area contributed by atoms with Gasteiger partial charge in [0.25, 0.3) is 5.91 Å². The fourth-order valence-corrected chi connectivity index (χ4v) is 3.17. The zero-order chi connectivity index (χ0) is 19.1. The number of aryl methyl sites for hydroxylation is 1. The first-order valence-electron chi connectivity index (χ1n) is 8.76. The van der Waals surface area contributed by atoms with Crippen LogP contribution in [0.2, 0.25) is 0 Å².